The van der Waals surface area contributed by atoms with E-state index in [9.17, 15) is 56.2 Å². The van der Waals surface area contributed by atoms with Crippen molar-refractivity contribution in [3.8, 4) is 0 Å². The van der Waals surface area contributed by atoms with E-state index in [1.165, 1.54) is 0 Å². The molecule has 0 amide bonds. The van der Waals surface area contributed by atoms with Crippen molar-refractivity contribution in [2.75, 3.05) is 26.4 Å². The monoisotopic (exact) mass is 504 g/mol. The van der Waals surface area contributed by atoms with Crippen LogP contribution < -0.4 is 0 Å². The number of rotatable bonds is 8. The summed E-state index contributed by atoms with van der Waals surface area (Å²) in [5.74, 6) is -2.36. The molecule has 3 fully saturated rings. The van der Waals surface area contributed by atoms with Crippen molar-refractivity contribution in [2.45, 2.75) is 85.5 Å². The molecule has 3 aliphatic heterocycles. The molecule has 0 spiro atoms. The van der Waals surface area contributed by atoms with Gasteiger partial charge in [-0.2, -0.15) is 0 Å². The van der Waals surface area contributed by atoms with Crippen molar-refractivity contribution in [3.63, 3.8) is 0 Å². The summed E-state index contributed by atoms with van der Waals surface area (Å²) < 4.78 is 26.4. The minimum absolute atomic E-state index is 0.634. The fourth-order valence-corrected chi connectivity index (χ4v) is 4.01. The number of ether oxygens (including phenoxy) is 5. The second kappa shape index (κ2) is 11.2. The van der Waals surface area contributed by atoms with E-state index in [-0.39, 0.29) is 0 Å². The summed E-state index contributed by atoms with van der Waals surface area (Å²) in [6.45, 7) is -3.14. The predicted octanol–water partition coefficient (Wildman–Crippen LogP) is -7.57. The van der Waals surface area contributed by atoms with Gasteiger partial charge in [-0.1, -0.05) is 0 Å². The highest BCUT2D eigenvalue weighted by Crippen LogP contribution is 2.36. The minimum atomic E-state index is -2.36. The molecule has 0 aliphatic carbocycles. The van der Waals surface area contributed by atoms with Gasteiger partial charge in [-0.3, -0.25) is 0 Å². The van der Waals surface area contributed by atoms with Crippen LogP contribution in [-0.4, -0.2) is 168 Å². The Balaban J connectivity index is 1.69. The molecule has 3 saturated heterocycles. The Labute approximate surface area is 192 Å². The molecular weight excluding hydrogens is 472 g/mol. The summed E-state index contributed by atoms with van der Waals surface area (Å²) in [4.78, 5) is 0. The number of aliphatic hydroxyl groups excluding tert-OH is 11. The molecule has 16 heteroatoms. The van der Waals surface area contributed by atoms with Crippen LogP contribution in [0.5, 0.6) is 0 Å². The average molecular weight is 504 g/mol. The van der Waals surface area contributed by atoms with Gasteiger partial charge < -0.3 is 79.9 Å². The number of hydrogen-bond donors (Lipinski definition) is 11. The third-order valence-electron chi connectivity index (χ3n) is 6.16. The standard InChI is InChI=1S/C18H32O16/c19-1-5-8(22)11(25)13(27)16(31-5)30-3-7-9(23)12(26)14(28)17(32-7)34-18(4-21)15(29)10(24)6(2-20)33-18/h5-17,19-29H,1-4H2/t5-,6-,7-,8-,9-,10-,11+,12+,13-,14-,15+,16?,17-,18+/m1/s1. The van der Waals surface area contributed by atoms with Crippen molar-refractivity contribution in [2.24, 2.45) is 0 Å². The molecule has 0 bridgehead atoms. The van der Waals surface area contributed by atoms with Gasteiger partial charge in [0.25, 0.3) is 0 Å². The fraction of sp³-hybridized carbons (Fsp3) is 1.00. The molecule has 200 valence electrons. The predicted molar refractivity (Wildman–Crippen MR) is 101 cm³/mol. The molecule has 0 radical (unpaired) electrons. The molecule has 16 nitrogen and oxygen atoms in total. The van der Waals surface area contributed by atoms with E-state index in [0.29, 0.717) is 0 Å². The first-order valence-electron chi connectivity index (χ1n) is 10.6. The summed E-state index contributed by atoms with van der Waals surface area (Å²) >= 11 is 0. The van der Waals surface area contributed by atoms with Crippen molar-refractivity contribution < 1.29 is 79.9 Å². The molecule has 3 rings (SSSR count). The Kier molecular flexibility index (Phi) is 9.18. The Morgan fingerprint density at radius 1 is 0.588 bits per heavy atom. The van der Waals surface area contributed by atoms with Gasteiger partial charge in [0, 0.05) is 0 Å². The topological polar surface area (TPSA) is 269 Å². The van der Waals surface area contributed by atoms with Gasteiger partial charge in [0.1, 0.15) is 73.8 Å². The minimum Gasteiger partial charge on any atom is -0.394 e. The first kappa shape index (κ1) is 27.9. The van der Waals surface area contributed by atoms with Crippen LogP contribution in [0.25, 0.3) is 0 Å². The van der Waals surface area contributed by atoms with E-state index in [1.54, 1.807) is 0 Å². The second-order valence-corrected chi connectivity index (χ2v) is 8.41. The molecule has 0 aromatic rings. The quantitative estimate of drug-likeness (QED) is 0.146. The molecule has 0 aromatic heterocycles. The zero-order valence-electron chi connectivity index (χ0n) is 17.8. The van der Waals surface area contributed by atoms with E-state index >= 15 is 0 Å². The van der Waals surface area contributed by atoms with Crippen LogP contribution in [0.3, 0.4) is 0 Å². The SMILES string of the molecule is OC[C@H]1O[C@@](CO)(O[C@H]2O[C@H](COC3O[C@H](CO)[C@@H](O)[C@H](O)[C@H]3O)[C@@H](O)[C@H](O)[C@H]2O)[C@@H](O)[C@@H]1O. The van der Waals surface area contributed by atoms with Gasteiger partial charge in [-0.05, 0) is 0 Å². The summed E-state index contributed by atoms with van der Waals surface area (Å²) in [6, 6.07) is 0. The summed E-state index contributed by atoms with van der Waals surface area (Å²) in [5, 5.41) is 109. The Bertz CT molecular complexity index is 653. The van der Waals surface area contributed by atoms with Crippen molar-refractivity contribution in [1.82, 2.24) is 0 Å². The highest BCUT2D eigenvalue weighted by molar-refractivity contribution is 4.98. The lowest BCUT2D eigenvalue weighted by Crippen LogP contribution is -2.63. The summed E-state index contributed by atoms with van der Waals surface area (Å²) in [6.07, 6.45) is -21.8. The maximum absolute atomic E-state index is 10.3. The Morgan fingerprint density at radius 2 is 1.12 bits per heavy atom. The lowest BCUT2D eigenvalue weighted by molar-refractivity contribution is -0.388. The van der Waals surface area contributed by atoms with Gasteiger partial charge in [0.15, 0.2) is 12.6 Å². The van der Waals surface area contributed by atoms with Gasteiger partial charge in [0.2, 0.25) is 5.79 Å². The van der Waals surface area contributed by atoms with Gasteiger partial charge in [-0.15, -0.1) is 0 Å². The third kappa shape index (κ3) is 5.09. The van der Waals surface area contributed by atoms with Crippen LogP contribution in [0.1, 0.15) is 0 Å². The lowest BCUT2D eigenvalue weighted by Gasteiger charge is -2.44. The summed E-state index contributed by atoms with van der Waals surface area (Å²) in [5.41, 5.74) is 0. The van der Waals surface area contributed by atoms with Crippen LogP contribution in [-0.2, 0) is 23.7 Å². The van der Waals surface area contributed by atoms with Crippen LogP contribution in [0.4, 0.5) is 0 Å². The van der Waals surface area contributed by atoms with Crippen LogP contribution in [0, 0.1) is 0 Å². The normalized spacial score (nSPS) is 52.1. The largest absolute Gasteiger partial charge is 0.394 e. The number of aliphatic hydroxyl groups is 11. The number of hydrogen-bond acceptors (Lipinski definition) is 16. The molecule has 3 aliphatic rings. The van der Waals surface area contributed by atoms with E-state index in [1.807, 2.05) is 0 Å². The highest BCUT2D eigenvalue weighted by atomic mass is 16.8. The fourth-order valence-electron chi connectivity index (χ4n) is 4.01. The van der Waals surface area contributed by atoms with Gasteiger partial charge in [-0.25, -0.2) is 0 Å². The van der Waals surface area contributed by atoms with E-state index in [2.05, 4.69) is 0 Å². The Hall–Kier alpha value is -0.640. The van der Waals surface area contributed by atoms with Crippen molar-refractivity contribution >= 4 is 0 Å². The van der Waals surface area contributed by atoms with Gasteiger partial charge >= 0.3 is 0 Å². The molecular formula is C18H32O16. The van der Waals surface area contributed by atoms with E-state index in [4.69, 9.17) is 23.7 Å². The smallest absolute Gasteiger partial charge is 0.224 e. The average Bonchev–Trinajstić information content (AvgIpc) is 3.08. The second-order valence-electron chi connectivity index (χ2n) is 8.41. The molecule has 14 atom stereocenters. The molecule has 3 heterocycles. The highest BCUT2D eigenvalue weighted by Gasteiger charge is 2.58. The lowest BCUT2D eigenvalue weighted by atomic mass is 9.98. The zero-order chi connectivity index (χ0) is 25.4. The van der Waals surface area contributed by atoms with Crippen LogP contribution in [0.15, 0.2) is 0 Å². The van der Waals surface area contributed by atoms with Crippen molar-refractivity contribution in [1.29, 1.82) is 0 Å². The first-order valence-corrected chi connectivity index (χ1v) is 10.6. The first-order chi connectivity index (χ1) is 16.0. The van der Waals surface area contributed by atoms with Gasteiger partial charge in [0.05, 0.1) is 19.8 Å². The maximum Gasteiger partial charge on any atom is 0.224 e. The van der Waals surface area contributed by atoms with Crippen LogP contribution in [0.2, 0.25) is 0 Å². The molecule has 1 unspecified atom stereocenters. The zero-order valence-corrected chi connectivity index (χ0v) is 17.8. The molecule has 34 heavy (non-hydrogen) atoms. The molecule has 11 N–H and O–H groups in total. The molecule has 0 saturated carbocycles. The Morgan fingerprint density at radius 3 is 1.65 bits per heavy atom. The maximum atomic E-state index is 10.3. The molecule has 0 aromatic carbocycles. The van der Waals surface area contributed by atoms with E-state index in [0.717, 1.165) is 0 Å². The van der Waals surface area contributed by atoms with Crippen LogP contribution >= 0.6 is 0 Å². The van der Waals surface area contributed by atoms with Crippen molar-refractivity contribution in [3.05, 3.63) is 0 Å². The van der Waals surface area contributed by atoms with E-state index < -0.39 is 112 Å². The third-order valence-corrected chi connectivity index (χ3v) is 6.16. The summed E-state index contributed by atoms with van der Waals surface area (Å²) in [7, 11) is 0.